The third kappa shape index (κ3) is 8.84. The van der Waals surface area contributed by atoms with Crippen molar-refractivity contribution in [2.75, 3.05) is 75.9 Å². The van der Waals surface area contributed by atoms with Crippen LogP contribution in [0.15, 0.2) is 0 Å². The van der Waals surface area contributed by atoms with Gasteiger partial charge >= 0.3 is 0 Å². The van der Waals surface area contributed by atoms with Gasteiger partial charge in [0.25, 0.3) is 0 Å². The van der Waals surface area contributed by atoms with Crippen LogP contribution >= 0.6 is 68.3 Å². The topological polar surface area (TPSA) is 73.8 Å². The summed E-state index contributed by atoms with van der Waals surface area (Å²) in [5, 5.41) is 0. The van der Waals surface area contributed by atoms with Crippen molar-refractivity contribution in [2.45, 2.75) is 0 Å². The van der Waals surface area contributed by atoms with Gasteiger partial charge in [-0.15, -0.1) is 0 Å². The molecule has 4 rings (SSSR count). The molecule has 0 aliphatic carbocycles. The molecule has 0 N–H and O–H groups in total. The van der Waals surface area contributed by atoms with Crippen LogP contribution in [0.4, 0.5) is 0 Å². The predicted molar refractivity (Wildman–Crippen MR) is 157 cm³/mol. The van der Waals surface area contributed by atoms with E-state index in [9.17, 15) is 0 Å². The van der Waals surface area contributed by atoms with Gasteiger partial charge in [0, 0.05) is 23.0 Å². The summed E-state index contributed by atoms with van der Waals surface area (Å²) in [6.45, 7) is 3.10. The molecule has 20 heteroatoms. The lowest BCUT2D eigenvalue weighted by molar-refractivity contribution is -0.00119. The molecule has 0 aromatic carbocycles. The van der Waals surface area contributed by atoms with Gasteiger partial charge < -0.3 is 36.2 Å². The minimum Gasteiger partial charge on any atom is -0.321 e. The molecule has 33 heavy (non-hydrogen) atoms. The fraction of sp³-hybridized carbons (Fsp3) is 1.00. The molecule has 0 amide bonds. The molecule has 0 radical (unpaired) electrons. The summed E-state index contributed by atoms with van der Waals surface area (Å²) in [7, 11) is 0. The Bertz CT molecular complexity index is 713. The summed E-state index contributed by atoms with van der Waals surface area (Å²) in [6.07, 6.45) is 0. The minimum atomic E-state index is -2.44. The van der Waals surface area contributed by atoms with E-state index in [1.807, 2.05) is 0 Å². The lowest BCUT2D eigenvalue weighted by Gasteiger charge is -2.36. The smallest absolute Gasteiger partial charge is 0.247 e. The van der Waals surface area contributed by atoms with E-state index in [4.69, 9.17) is 83.4 Å². The lowest BCUT2D eigenvalue weighted by Crippen LogP contribution is -2.40. The van der Waals surface area contributed by atoms with Crippen LogP contribution in [0, 0.1) is 5.41 Å². The van der Waals surface area contributed by atoms with Gasteiger partial charge in [-0.2, -0.15) is 0 Å². The maximum Gasteiger partial charge on any atom is 0.247 e. The van der Waals surface area contributed by atoms with Crippen LogP contribution in [-0.2, 0) is 83.4 Å². The molecular formula is C13H24O8P4S8. The van der Waals surface area contributed by atoms with Crippen molar-refractivity contribution in [3.05, 3.63) is 0 Å². The van der Waals surface area contributed by atoms with Gasteiger partial charge in [-0.25, -0.2) is 0 Å². The first-order chi connectivity index (χ1) is 15.7. The highest BCUT2D eigenvalue weighted by molar-refractivity contribution is 8.69. The summed E-state index contributed by atoms with van der Waals surface area (Å²) in [6, 6.07) is 0. The molecular weight excluding hydrogens is 665 g/mol. The zero-order chi connectivity index (χ0) is 23.5. The molecule has 0 aromatic heterocycles. The van der Waals surface area contributed by atoms with Crippen LogP contribution in [0.5, 0.6) is 0 Å². The summed E-state index contributed by atoms with van der Waals surface area (Å²) in [5.74, 6) is 3.26. The van der Waals surface area contributed by atoms with Crippen LogP contribution in [0.3, 0.4) is 0 Å². The van der Waals surface area contributed by atoms with Crippen molar-refractivity contribution >= 4 is 116 Å². The molecule has 0 saturated carbocycles. The Morgan fingerprint density at radius 3 is 0.939 bits per heavy atom. The van der Waals surface area contributed by atoms with E-state index in [1.54, 1.807) is 45.5 Å². The molecule has 4 unspecified atom stereocenters. The lowest BCUT2D eigenvalue weighted by atomic mass is 9.93. The van der Waals surface area contributed by atoms with E-state index >= 15 is 0 Å². The Labute approximate surface area is 231 Å². The maximum atomic E-state index is 6.22. The molecule has 4 heterocycles. The fourth-order valence-corrected chi connectivity index (χ4v) is 19.8. The van der Waals surface area contributed by atoms with Crippen LogP contribution in [0.2, 0.25) is 0 Å². The average Bonchev–Trinajstić information content (AvgIpc) is 3.59. The van der Waals surface area contributed by atoms with Gasteiger partial charge in [0.05, 0.1) is 58.3 Å². The SMILES string of the molecule is S=P1(OCC(COP2(=S)OCCS2)(COP2(=S)OCCS2)COP2(=S)OCCS2)OCCS1. The van der Waals surface area contributed by atoms with Crippen LogP contribution in [0.1, 0.15) is 0 Å². The fourth-order valence-electron chi connectivity index (χ4n) is 2.75. The second-order valence-electron chi connectivity index (χ2n) is 7.05. The number of hydrogen-bond donors (Lipinski definition) is 0. The first-order valence-electron chi connectivity index (χ1n) is 9.80. The van der Waals surface area contributed by atoms with Gasteiger partial charge in [0.2, 0.25) is 22.8 Å². The van der Waals surface area contributed by atoms with E-state index in [-0.39, 0.29) is 26.4 Å². The minimum absolute atomic E-state index is 0.192. The number of hydrogen-bond acceptors (Lipinski definition) is 16. The second kappa shape index (κ2) is 12.9. The molecule has 0 bridgehead atoms. The molecule has 0 spiro atoms. The summed E-state index contributed by atoms with van der Waals surface area (Å²) < 4.78 is 47.9. The third-order valence-electron chi connectivity index (χ3n) is 4.44. The van der Waals surface area contributed by atoms with Gasteiger partial charge in [-0.1, -0.05) is 45.5 Å². The second-order valence-corrected chi connectivity index (χ2v) is 32.8. The first kappa shape index (κ1) is 29.7. The average molecular weight is 689 g/mol. The number of rotatable bonds is 12. The van der Waals surface area contributed by atoms with Gasteiger partial charge in [-0.05, 0) is 47.2 Å². The van der Waals surface area contributed by atoms with E-state index in [2.05, 4.69) is 0 Å². The molecule has 4 fully saturated rings. The van der Waals surface area contributed by atoms with Gasteiger partial charge in [0.15, 0.2) is 0 Å². The molecule has 4 saturated heterocycles. The van der Waals surface area contributed by atoms with E-state index in [1.165, 1.54) is 0 Å². The molecule has 0 aromatic rings. The Hall–Kier alpha value is 3.68. The molecule has 4 aliphatic rings. The highest BCUT2D eigenvalue weighted by Gasteiger charge is 2.43. The molecule has 192 valence electrons. The third-order valence-corrected chi connectivity index (χ3v) is 25.7. The normalized spacial score (nSPS) is 41.0. The summed E-state index contributed by atoms with van der Waals surface area (Å²) in [5.41, 5.74) is -10.5. The van der Waals surface area contributed by atoms with E-state index in [0.717, 1.165) is 23.0 Å². The van der Waals surface area contributed by atoms with Crippen molar-refractivity contribution in [1.82, 2.24) is 0 Å². The molecule has 4 atom stereocenters. The van der Waals surface area contributed by atoms with Crippen LogP contribution < -0.4 is 0 Å². The van der Waals surface area contributed by atoms with Crippen LogP contribution in [-0.4, -0.2) is 75.9 Å². The molecule has 8 nitrogen and oxygen atoms in total. The van der Waals surface area contributed by atoms with Gasteiger partial charge in [0.1, 0.15) is 0 Å². The summed E-state index contributed by atoms with van der Waals surface area (Å²) >= 11 is 28.8. The van der Waals surface area contributed by atoms with Crippen molar-refractivity contribution in [3.8, 4) is 0 Å². The quantitative estimate of drug-likeness (QED) is 0.225. The van der Waals surface area contributed by atoms with Crippen molar-refractivity contribution in [2.24, 2.45) is 5.41 Å². The maximum absolute atomic E-state index is 6.22. The highest BCUT2D eigenvalue weighted by Crippen LogP contribution is 2.69. The zero-order valence-corrected chi connectivity index (χ0v) is 27.4. The Kier molecular flexibility index (Phi) is 11.6. The van der Waals surface area contributed by atoms with Crippen LogP contribution in [0.25, 0.3) is 0 Å². The van der Waals surface area contributed by atoms with E-state index in [0.29, 0.717) is 26.4 Å². The van der Waals surface area contributed by atoms with Crippen molar-refractivity contribution in [1.29, 1.82) is 0 Å². The highest BCUT2D eigenvalue weighted by atomic mass is 32.9. The standard InChI is InChI=1S/C13H24O8P4S8/c26-22(14-1-5-30-22)18-9-13(10-19-23(27)15-2-6-31-23,11-20-24(28)16-3-7-32-24)12-21-25(29)17-4-8-33-25/h1-12H2. The largest absolute Gasteiger partial charge is 0.321 e. The predicted octanol–water partition coefficient (Wildman–Crippen LogP) is 5.99. The van der Waals surface area contributed by atoms with Crippen molar-refractivity contribution in [3.63, 3.8) is 0 Å². The van der Waals surface area contributed by atoms with Gasteiger partial charge in [-0.3, -0.25) is 0 Å². The monoisotopic (exact) mass is 688 g/mol. The Morgan fingerprint density at radius 1 is 0.515 bits per heavy atom. The Balaban J connectivity index is 1.53. The Morgan fingerprint density at radius 2 is 0.758 bits per heavy atom. The van der Waals surface area contributed by atoms with E-state index < -0.39 is 28.2 Å². The summed E-state index contributed by atoms with van der Waals surface area (Å²) in [4.78, 5) is 0. The zero-order valence-electron chi connectivity index (χ0n) is 17.3. The molecule has 4 aliphatic heterocycles. The first-order valence-corrected chi connectivity index (χ1v) is 26.7. The van der Waals surface area contributed by atoms with Crippen molar-refractivity contribution < 1.29 is 36.2 Å².